The second-order valence-corrected chi connectivity index (χ2v) is 11.5. The number of anilines is 1. The Hall–Kier alpha value is -4.32. The standard InChI is InChI=1S/C33H41N7O3S/c1-4-40(5-2)15-14-37-31(41)27-11-10-26-17-29(13-12-25(26)16-27)38-21-30(33(43)36-3)44-22-28(19-35)32(42)39-20-24-8-6-23(18-34)7-9-24/h10-13,16-17,21-24,38H,4-9,14-15,20H2,1-3H3,(H,36,43)(H,37,41)(H,39,42)/b28-22-,30-21+. The maximum Gasteiger partial charge on any atom is 0.262 e. The first kappa shape index (κ1) is 34.2. The van der Waals surface area contributed by atoms with E-state index in [1.165, 1.54) is 18.7 Å². The summed E-state index contributed by atoms with van der Waals surface area (Å²) < 4.78 is 0. The third kappa shape index (κ3) is 10.1. The topological polar surface area (TPSA) is 150 Å². The van der Waals surface area contributed by atoms with Gasteiger partial charge >= 0.3 is 0 Å². The molecular formula is C33H41N7O3S. The van der Waals surface area contributed by atoms with Crippen molar-refractivity contribution in [3.8, 4) is 12.1 Å². The molecule has 44 heavy (non-hydrogen) atoms. The molecule has 1 fully saturated rings. The van der Waals surface area contributed by atoms with Crippen molar-refractivity contribution in [2.75, 3.05) is 45.1 Å². The predicted octanol–water partition coefficient (Wildman–Crippen LogP) is 4.50. The fourth-order valence-electron chi connectivity index (χ4n) is 4.95. The highest BCUT2D eigenvalue weighted by atomic mass is 32.2. The third-order valence-electron chi connectivity index (χ3n) is 7.78. The first-order valence-electron chi connectivity index (χ1n) is 15.0. The van der Waals surface area contributed by atoms with Crippen molar-refractivity contribution in [1.29, 1.82) is 10.5 Å². The van der Waals surface area contributed by atoms with E-state index in [0.717, 1.165) is 73.5 Å². The number of hydrogen-bond donors (Lipinski definition) is 4. The molecule has 1 saturated carbocycles. The Balaban J connectivity index is 1.61. The van der Waals surface area contributed by atoms with Crippen LogP contribution in [0.2, 0.25) is 0 Å². The van der Waals surface area contributed by atoms with Gasteiger partial charge in [-0.15, -0.1) is 0 Å². The number of nitrogens with zero attached hydrogens (tertiary/aromatic N) is 3. The number of nitriles is 2. The molecule has 1 aliphatic carbocycles. The number of fused-ring (bicyclic) bond motifs is 1. The fraction of sp³-hybridized carbons (Fsp3) is 0.424. The molecule has 4 N–H and O–H groups in total. The van der Waals surface area contributed by atoms with Gasteiger partial charge in [0, 0.05) is 50.1 Å². The lowest BCUT2D eigenvalue weighted by molar-refractivity contribution is -0.117. The molecular weight excluding hydrogens is 574 g/mol. The number of carbonyl (C=O) groups excluding carboxylic acids is 3. The Labute approximate surface area is 263 Å². The minimum Gasteiger partial charge on any atom is -0.360 e. The number of likely N-dealkylation sites (N-methyl/N-ethyl adjacent to an activating group) is 2. The number of rotatable bonds is 14. The molecule has 3 rings (SSSR count). The van der Waals surface area contributed by atoms with Gasteiger partial charge in [-0.05, 0) is 85.1 Å². The lowest BCUT2D eigenvalue weighted by Gasteiger charge is -2.24. The van der Waals surface area contributed by atoms with Crippen LogP contribution in [0, 0.1) is 34.5 Å². The van der Waals surface area contributed by atoms with E-state index >= 15 is 0 Å². The minimum atomic E-state index is -0.488. The second kappa shape index (κ2) is 17.7. The molecule has 232 valence electrons. The van der Waals surface area contributed by atoms with E-state index in [1.807, 2.05) is 36.4 Å². The second-order valence-electron chi connectivity index (χ2n) is 10.6. The Morgan fingerprint density at radius 3 is 2.34 bits per heavy atom. The van der Waals surface area contributed by atoms with Crippen molar-refractivity contribution in [3.63, 3.8) is 0 Å². The van der Waals surface area contributed by atoms with E-state index in [-0.39, 0.29) is 34.1 Å². The highest BCUT2D eigenvalue weighted by molar-refractivity contribution is 8.06. The average Bonchev–Trinajstić information content (AvgIpc) is 3.06. The Bertz CT molecular complexity index is 1460. The van der Waals surface area contributed by atoms with E-state index in [9.17, 15) is 19.6 Å². The van der Waals surface area contributed by atoms with Crippen LogP contribution in [0.25, 0.3) is 10.8 Å². The van der Waals surface area contributed by atoms with E-state index in [2.05, 4.69) is 46.1 Å². The van der Waals surface area contributed by atoms with Crippen LogP contribution in [0.15, 0.2) is 58.5 Å². The third-order valence-corrected chi connectivity index (χ3v) is 8.69. The Kier molecular flexibility index (Phi) is 13.8. The van der Waals surface area contributed by atoms with Gasteiger partial charge in [-0.25, -0.2) is 0 Å². The van der Waals surface area contributed by atoms with Crippen LogP contribution in [0.3, 0.4) is 0 Å². The van der Waals surface area contributed by atoms with Gasteiger partial charge in [0.05, 0.1) is 11.0 Å². The van der Waals surface area contributed by atoms with E-state index < -0.39 is 5.91 Å². The fourth-order valence-corrected chi connectivity index (χ4v) is 5.69. The summed E-state index contributed by atoms with van der Waals surface area (Å²) in [5.41, 5.74) is 1.23. The molecule has 2 aromatic rings. The molecule has 1 aliphatic rings. The van der Waals surface area contributed by atoms with Crippen molar-refractivity contribution in [2.24, 2.45) is 11.8 Å². The van der Waals surface area contributed by atoms with Gasteiger partial charge in [-0.1, -0.05) is 37.7 Å². The maximum atomic E-state index is 12.6. The van der Waals surface area contributed by atoms with Gasteiger partial charge in [0.2, 0.25) is 0 Å². The minimum absolute atomic E-state index is 0.0877. The normalized spacial score (nSPS) is 17.0. The van der Waals surface area contributed by atoms with Crippen molar-refractivity contribution in [1.82, 2.24) is 20.9 Å². The van der Waals surface area contributed by atoms with Crippen molar-refractivity contribution >= 4 is 45.9 Å². The van der Waals surface area contributed by atoms with Gasteiger partial charge in [0.15, 0.2) is 0 Å². The molecule has 0 spiro atoms. The van der Waals surface area contributed by atoms with E-state index in [0.29, 0.717) is 18.7 Å². The molecule has 10 nitrogen and oxygen atoms in total. The maximum absolute atomic E-state index is 12.6. The number of benzene rings is 2. The van der Waals surface area contributed by atoms with E-state index in [4.69, 9.17) is 5.26 Å². The SMILES string of the molecule is CCN(CC)CCNC(=O)c1ccc2cc(N/C=C(/S/C=C(/C#N)C(=O)NCC3CCC(C#N)CC3)C(=O)NC)ccc2c1. The van der Waals surface area contributed by atoms with Gasteiger partial charge in [0.1, 0.15) is 11.6 Å². The summed E-state index contributed by atoms with van der Waals surface area (Å²) in [7, 11) is 1.51. The zero-order valence-corrected chi connectivity index (χ0v) is 26.4. The number of thioether (sulfide) groups is 1. The first-order valence-corrected chi connectivity index (χ1v) is 15.9. The molecule has 11 heteroatoms. The Morgan fingerprint density at radius 2 is 1.68 bits per heavy atom. The van der Waals surface area contributed by atoms with Gasteiger partial charge in [-0.2, -0.15) is 10.5 Å². The van der Waals surface area contributed by atoms with Gasteiger partial charge in [-0.3, -0.25) is 14.4 Å². The van der Waals surface area contributed by atoms with Crippen LogP contribution in [-0.4, -0.2) is 62.4 Å². The van der Waals surface area contributed by atoms with Crippen molar-refractivity contribution < 1.29 is 14.4 Å². The summed E-state index contributed by atoms with van der Waals surface area (Å²) >= 11 is 0.977. The lowest BCUT2D eigenvalue weighted by Crippen LogP contribution is -2.34. The molecule has 0 aromatic heterocycles. The molecule has 0 aliphatic heterocycles. The summed E-state index contributed by atoms with van der Waals surface area (Å²) in [6.45, 7) is 7.92. The summed E-state index contributed by atoms with van der Waals surface area (Å²) in [6.07, 6.45) is 4.93. The van der Waals surface area contributed by atoms with Crippen LogP contribution < -0.4 is 21.3 Å². The summed E-state index contributed by atoms with van der Waals surface area (Å²) in [5, 5.41) is 33.3. The molecule has 2 aromatic carbocycles. The van der Waals surface area contributed by atoms with Crippen LogP contribution >= 0.6 is 11.8 Å². The highest BCUT2D eigenvalue weighted by Gasteiger charge is 2.22. The molecule has 3 amide bonds. The molecule has 0 bridgehead atoms. The van der Waals surface area contributed by atoms with Crippen molar-refractivity contribution in [2.45, 2.75) is 39.5 Å². The number of nitrogens with one attached hydrogen (secondary N) is 4. The van der Waals surface area contributed by atoms with Crippen molar-refractivity contribution in [3.05, 3.63) is 64.0 Å². The number of amides is 3. The largest absolute Gasteiger partial charge is 0.360 e. The van der Waals surface area contributed by atoms with E-state index in [1.54, 1.807) is 6.07 Å². The van der Waals surface area contributed by atoms with Crippen LogP contribution in [-0.2, 0) is 9.59 Å². The Morgan fingerprint density at radius 1 is 0.977 bits per heavy atom. The summed E-state index contributed by atoms with van der Waals surface area (Å²) in [6, 6.07) is 15.4. The molecule has 0 saturated heterocycles. The summed E-state index contributed by atoms with van der Waals surface area (Å²) in [4.78, 5) is 40.3. The van der Waals surface area contributed by atoms with Crippen LogP contribution in [0.1, 0.15) is 49.9 Å². The first-order chi connectivity index (χ1) is 21.3. The molecule has 0 unspecified atom stereocenters. The summed E-state index contributed by atoms with van der Waals surface area (Å²) in [5.74, 6) is -0.599. The number of carbonyl (C=O) groups is 3. The lowest BCUT2D eigenvalue weighted by atomic mass is 9.83. The molecule has 0 atom stereocenters. The zero-order chi connectivity index (χ0) is 31.9. The molecule has 0 heterocycles. The average molecular weight is 616 g/mol. The number of hydrogen-bond acceptors (Lipinski definition) is 8. The highest BCUT2D eigenvalue weighted by Crippen LogP contribution is 2.28. The quantitative estimate of drug-likeness (QED) is 0.179. The predicted molar refractivity (Wildman–Crippen MR) is 175 cm³/mol. The monoisotopic (exact) mass is 615 g/mol. The smallest absolute Gasteiger partial charge is 0.262 e. The zero-order valence-electron chi connectivity index (χ0n) is 25.6. The van der Waals surface area contributed by atoms with Crippen LogP contribution in [0.5, 0.6) is 0 Å². The van der Waals surface area contributed by atoms with Gasteiger partial charge < -0.3 is 26.2 Å². The van der Waals surface area contributed by atoms with Gasteiger partial charge in [0.25, 0.3) is 17.7 Å². The molecule has 0 radical (unpaired) electrons. The van der Waals surface area contributed by atoms with Crippen LogP contribution in [0.4, 0.5) is 5.69 Å².